The van der Waals surface area contributed by atoms with E-state index < -0.39 is 0 Å². The van der Waals surface area contributed by atoms with Gasteiger partial charge in [0.1, 0.15) is 16.8 Å². The Balaban J connectivity index is 2.35. The van der Waals surface area contributed by atoms with E-state index >= 15 is 0 Å². The molecule has 2 aromatic heterocycles. The molecule has 1 N–H and O–H groups in total. The second-order valence-corrected chi connectivity index (χ2v) is 5.65. The smallest absolute Gasteiger partial charge is 0.276 e. The highest BCUT2D eigenvalue weighted by Gasteiger charge is 2.19. The van der Waals surface area contributed by atoms with Gasteiger partial charge >= 0.3 is 0 Å². The number of aromatic nitrogens is 2. The summed E-state index contributed by atoms with van der Waals surface area (Å²) in [5, 5.41) is 16.6. The minimum Gasteiger partial charge on any atom is -0.311 e. The molecule has 0 saturated heterocycles. The number of hydrogen-bond acceptors (Lipinski definition) is 4. The molecule has 0 aliphatic carbocycles. The molecule has 98 valence electrons. The highest BCUT2D eigenvalue weighted by molar-refractivity contribution is 7.16. The average Bonchev–Trinajstić information content (AvgIpc) is 2.81. The molecule has 0 aliphatic rings. The molecule has 0 radical (unpaired) electrons. The molecule has 2 aromatic rings. The van der Waals surface area contributed by atoms with Gasteiger partial charge in [0.25, 0.3) is 5.91 Å². The number of halogens is 1. The maximum absolute atomic E-state index is 12.1. The van der Waals surface area contributed by atoms with Crippen molar-refractivity contribution in [1.29, 1.82) is 5.26 Å². The van der Waals surface area contributed by atoms with Gasteiger partial charge in [0.15, 0.2) is 0 Å². The number of aryl methyl sites for hydroxylation is 2. The van der Waals surface area contributed by atoms with Gasteiger partial charge in [-0.05, 0) is 19.4 Å². The van der Waals surface area contributed by atoms with Crippen molar-refractivity contribution in [1.82, 2.24) is 9.78 Å². The molecule has 0 spiro atoms. The van der Waals surface area contributed by atoms with E-state index in [0.29, 0.717) is 10.6 Å². The molecule has 2 rings (SSSR count). The average molecular weight is 295 g/mol. The van der Waals surface area contributed by atoms with E-state index in [9.17, 15) is 4.79 Å². The normalized spacial score (nSPS) is 10.3. The summed E-state index contributed by atoms with van der Waals surface area (Å²) in [4.78, 5) is 13.1. The summed E-state index contributed by atoms with van der Waals surface area (Å²) in [5.74, 6) is -0.372. The number of carbonyl (C=O) groups is 1. The maximum atomic E-state index is 12.1. The lowest BCUT2D eigenvalue weighted by Gasteiger charge is -2.04. The molecule has 5 nitrogen and oxygen atoms in total. The molecule has 0 aromatic carbocycles. The largest absolute Gasteiger partial charge is 0.311 e. The summed E-state index contributed by atoms with van der Waals surface area (Å²) in [6, 6.07) is 2.10. The van der Waals surface area contributed by atoms with Gasteiger partial charge in [0.05, 0.1) is 16.8 Å². The molecule has 1 amide bonds. The van der Waals surface area contributed by atoms with Crippen molar-refractivity contribution in [3.63, 3.8) is 0 Å². The zero-order chi connectivity index (χ0) is 14.2. The van der Waals surface area contributed by atoms with Gasteiger partial charge in [0.2, 0.25) is 0 Å². The Bertz CT molecular complexity index is 676. The molecule has 7 heteroatoms. The molecular formula is C12H11ClN4OS. The van der Waals surface area contributed by atoms with Crippen LogP contribution in [-0.4, -0.2) is 15.7 Å². The predicted octanol–water partition coefficient (Wildman–Crippen LogP) is 2.88. The van der Waals surface area contributed by atoms with Crippen LogP contribution >= 0.6 is 22.9 Å². The first-order valence-corrected chi connectivity index (χ1v) is 6.64. The van der Waals surface area contributed by atoms with Crippen LogP contribution in [0.4, 0.5) is 5.00 Å². The summed E-state index contributed by atoms with van der Waals surface area (Å²) >= 11 is 7.29. The Kier molecular flexibility index (Phi) is 3.60. The van der Waals surface area contributed by atoms with Crippen LogP contribution in [0, 0.1) is 25.2 Å². The van der Waals surface area contributed by atoms with E-state index in [1.807, 2.05) is 13.8 Å². The molecule has 0 fully saturated rings. The van der Waals surface area contributed by atoms with Crippen LogP contribution < -0.4 is 5.32 Å². The number of thiophene rings is 1. The van der Waals surface area contributed by atoms with Crippen LogP contribution in [0.1, 0.15) is 26.5 Å². The lowest BCUT2D eigenvalue weighted by atomic mass is 10.2. The highest BCUT2D eigenvalue weighted by Crippen LogP contribution is 2.32. The standard InChI is InChI=1S/C12H11ClN4OS/c1-6-7(2)19-12(8(6)4-14)16-11(18)10-9(13)5-15-17(10)3/h5H,1-3H3,(H,16,18). The predicted molar refractivity (Wildman–Crippen MR) is 74.7 cm³/mol. The Labute approximate surface area is 119 Å². The molecule has 0 bridgehead atoms. The van der Waals surface area contributed by atoms with E-state index in [0.717, 1.165) is 10.4 Å². The minimum atomic E-state index is -0.372. The molecule has 19 heavy (non-hydrogen) atoms. The third-order valence-corrected chi connectivity index (χ3v) is 4.23. The van der Waals surface area contributed by atoms with Crippen molar-refractivity contribution >= 4 is 33.8 Å². The zero-order valence-electron chi connectivity index (χ0n) is 10.6. The van der Waals surface area contributed by atoms with Crippen molar-refractivity contribution in [3.8, 4) is 6.07 Å². The number of amides is 1. The Morgan fingerprint density at radius 1 is 1.58 bits per heavy atom. The quantitative estimate of drug-likeness (QED) is 0.926. The van der Waals surface area contributed by atoms with Gasteiger partial charge in [0, 0.05) is 11.9 Å². The molecule has 0 unspecified atom stereocenters. The van der Waals surface area contributed by atoms with Gasteiger partial charge < -0.3 is 5.32 Å². The van der Waals surface area contributed by atoms with E-state index in [-0.39, 0.29) is 16.6 Å². The first-order valence-electron chi connectivity index (χ1n) is 5.44. The Hall–Kier alpha value is -1.84. The second-order valence-electron chi connectivity index (χ2n) is 4.02. The first kappa shape index (κ1) is 13.6. The van der Waals surface area contributed by atoms with Gasteiger partial charge in [-0.2, -0.15) is 10.4 Å². The van der Waals surface area contributed by atoms with Crippen LogP contribution in [0.3, 0.4) is 0 Å². The number of nitriles is 1. The van der Waals surface area contributed by atoms with Gasteiger partial charge in [-0.1, -0.05) is 11.6 Å². The van der Waals surface area contributed by atoms with Crippen molar-refractivity contribution in [2.24, 2.45) is 7.05 Å². The number of carbonyl (C=O) groups excluding carboxylic acids is 1. The molecule has 2 heterocycles. The topological polar surface area (TPSA) is 70.7 Å². The third-order valence-electron chi connectivity index (χ3n) is 2.83. The Morgan fingerprint density at radius 3 is 2.79 bits per heavy atom. The first-order chi connectivity index (χ1) is 8.95. The summed E-state index contributed by atoms with van der Waals surface area (Å²) in [6.45, 7) is 3.77. The lowest BCUT2D eigenvalue weighted by molar-refractivity contribution is 0.101. The number of nitrogens with zero attached hydrogens (tertiary/aromatic N) is 3. The Morgan fingerprint density at radius 2 is 2.26 bits per heavy atom. The molecule has 0 aliphatic heterocycles. The number of hydrogen-bond donors (Lipinski definition) is 1. The fraction of sp³-hybridized carbons (Fsp3) is 0.250. The van der Waals surface area contributed by atoms with Gasteiger partial charge in [-0.15, -0.1) is 11.3 Å². The molecule has 0 atom stereocenters. The summed E-state index contributed by atoms with van der Waals surface area (Å²) in [5.41, 5.74) is 1.65. The number of rotatable bonds is 2. The SMILES string of the molecule is Cc1sc(NC(=O)c2c(Cl)cnn2C)c(C#N)c1C. The van der Waals surface area contributed by atoms with Crippen molar-refractivity contribution in [2.45, 2.75) is 13.8 Å². The second kappa shape index (κ2) is 5.03. The van der Waals surface area contributed by atoms with Crippen molar-refractivity contribution in [2.75, 3.05) is 5.32 Å². The van der Waals surface area contributed by atoms with Crippen LogP contribution in [0.5, 0.6) is 0 Å². The van der Waals surface area contributed by atoms with Gasteiger partial charge in [-0.3, -0.25) is 9.48 Å². The van der Waals surface area contributed by atoms with Crippen LogP contribution in [-0.2, 0) is 7.05 Å². The van der Waals surface area contributed by atoms with Crippen LogP contribution in [0.25, 0.3) is 0 Å². The maximum Gasteiger partial charge on any atom is 0.276 e. The van der Waals surface area contributed by atoms with E-state index in [1.165, 1.54) is 22.2 Å². The van der Waals surface area contributed by atoms with Crippen molar-refractivity contribution in [3.05, 3.63) is 32.9 Å². The van der Waals surface area contributed by atoms with E-state index in [2.05, 4.69) is 16.5 Å². The highest BCUT2D eigenvalue weighted by atomic mass is 35.5. The summed E-state index contributed by atoms with van der Waals surface area (Å²) in [6.07, 6.45) is 1.41. The van der Waals surface area contributed by atoms with Crippen molar-refractivity contribution < 1.29 is 4.79 Å². The fourth-order valence-electron chi connectivity index (χ4n) is 1.68. The fourth-order valence-corrected chi connectivity index (χ4v) is 2.94. The molecular weight excluding hydrogens is 284 g/mol. The minimum absolute atomic E-state index is 0.272. The lowest BCUT2D eigenvalue weighted by Crippen LogP contribution is -2.16. The monoisotopic (exact) mass is 294 g/mol. The van der Waals surface area contributed by atoms with E-state index in [4.69, 9.17) is 16.9 Å². The summed E-state index contributed by atoms with van der Waals surface area (Å²) in [7, 11) is 1.64. The zero-order valence-corrected chi connectivity index (χ0v) is 12.2. The van der Waals surface area contributed by atoms with Gasteiger partial charge in [-0.25, -0.2) is 0 Å². The molecule has 0 saturated carbocycles. The number of nitrogens with one attached hydrogen (secondary N) is 1. The third kappa shape index (κ3) is 2.35. The number of anilines is 1. The van der Waals surface area contributed by atoms with E-state index in [1.54, 1.807) is 7.05 Å². The van der Waals surface area contributed by atoms with Crippen LogP contribution in [0.15, 0.2) is 6.20 Å². The van der Waals surface area contributed by atoms with Crippen LogP contribution in [0.2, 0.25) is 5.02 Å². The summed E-state index contributed by atoms with van der Waals surface area (Å²) < 4.78 is 1.40.